The van der Waals surface area contributed by atoms with Gasteiger partial charge >= 0.3 is 0 Å². The zero-order valence-corrected chi connectivity index (χ0v) is 30.2. The zero-order valence-electron chi connectivity index (χ0n) is 30.2. The fourth-order valence-electron chi connectivity index (χ4n) is 8.25. The highest BCUT2D eigenvalue weighted by Crippen LogP contribution is 2.50. The lowest BCUT2D eigenvalue weighted by atomic mass is 9.74. The maximum Gasteiger partial charge on any atom is 0.161 e. The summed E-state index contributed by atoms with van der Waals surface area (Å²) < 4.78 is 8.95. The van der Waals surface area contributed by atoms with Crippen molar-refractivity contribution >= 4 is 67.0 Å². The van der Waals surface area contributed by atoms with E-state index in [0.29, 0.717) is 5.82 Å². The van der Waals surface area contributed by atoms with Gasteiger partial charge in [-0.05, 0) is 102 Å². The molecule has 0 saturated heterocycles. The van der Waals surface area contributed by atoms with Crippen LogP contribution in [0.5, 0.6) is 0 Å². The average molecular weight is 674 g/mol. The van der Waals surface area contributed by atoms with Gasteiger partial charge in [-0.1, -0.05) is 111 Å². The number of rotatable bonds is 6. The number of benzene rings is 5. The van der Waals surface area contributed by atoms with E-state index < -0.39 is 0 Å². The number of hydrogen-bond donors (Lipinski definition) is 0. The van der Waals surface area contributed by atoms with Gasteiger partial charge in [0.05, 0.1) is 22.6 Å². The third-order valence-electron chi connectivity index (χ3n) is 10.8. The quantitative estimate of drug-likeness (QED) is 0.165. The van der Waals surface area contributed by atoms with Crippen LogP contribution >= 0.6 is 0 Å². The van der Waals surface area contributed by atoms with Crippen LogP contribution in [0.3, 0.4) is 0 Å². The molecule has 3 aromatic heterocycles. The van der Waals surface area contributed by atoms with Crippen molar-refractivity contribution in [1.29, 1.82) is 0 Å². The summed E-state index contributed by atoms with van der Waals surface area (Å²) in [5, 5.41) is 4.70. The Labute approximate surface area is 303 Å². The molecule has 8 aromatic rings. The molecule has 1 aliphatic heterocycles. The molecule has 0 bridgehead atoms. The van der Waals surface area contributed by atoms with E-state index in [1.54, 1.807) is 0 Å². The monoisotopic (exact) mass is 673 g/mol. The van der Waals surface area contributed by atoms with Gasteiger partial charge in [-0.15, -0.1) is 0 Å². The van der Waals surface area contributed by atoms with Gasteiger partial charge in [0.15, 0.2) is 11.4 Å². The fraction of sp³-hybridized carbons (Fsp3) is 0.125. The first-order valence-electron chi connectivity index (χ1n) is 17.9. The van der Waals surface area contributed by atoms with Gasteiger partial charge in [0.2, 0.25) is 0 Å². The second-order valence-corrected chi connectivity index (χ2v) is 14.2. The molecule has 52 heavy (non-hydrogen) atoms. The summed E-state index contributed by atoms with van der Waals surface area (Å²) >= 11 is 0. The zero-order chi connectivity index (χ0) is 35.7. The smallest absolute Gasteiger partial charge is 0.161 e. The van der Waals surface area contributed by atoms with E-state index in [0.717, 1.165) is 66.8 Å². The van der Waals surface area contributed by atoms with E-state index >= 15 is 0 Å². The van der Waals surface area contributed by atoms with Crippen molar-refractivity contribution in [3.8, 4) is 16.9 Å². The first-order chi connectivity index (χ1) is 25.3. The minimum Gasteiger partial charge on any atom is -0.454 e. The Kier molecular flexibility index (Phi) is 7.27. The van der Waals surface area contributed by atoms with Crippen molar-refractivity contribution in [3.63, 3.8) is 0 Å². The van der Waals surface area contributed by atoms with Crippen molar-refractivity contribution in [1.82, 2.24) is 14.5 Å². The topological polar surface area (TPSA) is 43.9 Å². The Morgan fingerprint density at radius 3 is 2.35 bits per heavy atom. The normalized spacial score (nSPS) is 14.2. The first kappa shape index (κ1) is 31.7. The van der Waals surface area contributed by atoms with Gasteiger partial charge in [0.1, 0.15) is 11.1 Å². The standard InChI is InChI=1S/C48H39N3O/c1-7-16-35-40(9-3)49-47(29(4)27-30(8-2)33-21-14-18-31-17-10-11-19-34(31)33)50-43(35)32-25-26-41-39(28-32)48(5,6)38-23-15-22-37-44(38)51(41)45-36-20-12-13-24-42(36)52-46(37)45/h7-28H,3H2,1-2,4-6H3/b16-7-,29-27+,30-8+. The fourth-order valence-corrected chi connectivity index (χ4v) is 8.25. The summed E-state index contributed by atoms with van der Waals surface area (Å²) in [6, 6.07) is 36.7. The minimum absolute atomic E-state index is 0.278. The van der Waals surface area contributed by atoms with Crippen LogP contribution in [0.2, 0.25) is 0 Å². The van der Waals surface area contributed by atoms with Crippen LogP contribution in [-0.4, -0.2) is 14.5 Å². The summed E-state index contributed by atoms with van der Waals surface area (Å²) in [5.41, 5.74) is 14.5. The maximum atomic E-state index is 6.53. The van der Waals surface area contributed by atoms with Crippen LogP contribution in [0, 0.1) is 0 Å². The van der Waals surface area contributed by atoms with Gasteiger partial charge in [0, 0.05) is 27.3 Å². The molecule has 1 aliphatic rings. The molecule has 5 aromatic carbocycles. The second-order valence-electron chi connectivity index (χ2n) is 14.2. The Balaban J connectivity index is 1.24. The molecule has 0 N–H and O–H groups in total. The number of hydrogen-bond acceptors (Lipinski definition) is 3. The summed E-state index contributed by atoms with van der Waals surface area (Å²) in [6.07, 6.45) is 10.4. The molecule has 4 heteroatoms. The van der Waals surface area contributed by atoms with E-state index in [9.17, 15) is 0 Å². The molecule has 0 unspecified atom stereocenters. The number of nitrogens with zero attached hydrogens (tertiary/aromatic N) is 3. The van der Waals surface area contributed by atoms with Gasteiger partial charge < -0.3 is 8.98 Å². The average Bonchev–Trinajstić information content (AvgIpc) is 3.71. The highest BCUT2D eigenvalue weighted by atomic mass is 16.3. The molecule has 9 rings (SSSR count). The molecule has 0 radical (unpaired) electrons. The van der Waals surface area contributed by atoms with Crippen molar-refractivity contribution in [2.45, 2.75) is 40.0 Å². The highest BCUT2D eigenvalue weighted by Gasteiger charge is 2.37. The summed E-state index contributed by atoms with van der Waals surface area (Å²) in [4.78, 5) is 10.4. The minimum atomic E-state index is -0.278. The van der Waals surface area contributed by atoms with E-state index in [1.807, 2.05) is 25.1 Å². The molecule has 0 aliphatic carbocycles. The molecule has 0 spiro atoms. The van der Waals surface area contributed by atoms with Crippen molar-refractivity contribution in [2.24, 2.45) is 0 Å². The van der Waals surface area contributed by atoms with Crippen LogP contribution in [0.15, 0.2) is 132 Å². The summed E-state index contributed by atoms with van der Waals surface area (Å²) in [6.45, 7) is 15.1. The Bertz CT molecular complexity index is 2870. The lowest BCUT2D eigenvalue weighted by Gasteiger charge is -2.35. The summed E-state index contributed by atoms with van der Waals surface area (Å²) in [5.74, 6) is 0.679. The number of aromatic nitrogens is 3. The van der Waals surface area contributed by atoms with Crippen LogP contribution < -0.4 is 0 Å². The lowest BCUT2D eigenvalue weighted by Crippen LogP contribution is -2.26. The van der Waals surface area contributed by atoms with Crippen LogP contribution in [0.25, 0.3) is 84.0 Å². The third-order valence-corrected chi connectivity index (χ3v) is 10.8. The Morgan fingerprint density at radius 1 is 0.788 bits per heavy atom. The van der Waals surface area contributed by atoms with E-state index in [-0.39, 0.29) is 5.41 Å². The van der Waals surface area contributed by atoms with Crippen molar-refractivity contribution in [3.05, 3.63) is 162 Å². The number of fused-ring (bicyclic) bond motifs is 8. The molecule has 0 amide bonds. The van der Waals surface area contributed by atoms with E-state index in [4.69, 9.17) is 14.4 Å². The van der Waals surface area contributed by atoms with E-state index in [1.165, 1.54) is 33.0 Å². The molecular formula is C48H39N3O. The molecule has 4 heterocycles. The largest absolute Gasteiger partial charge is 0.454 e. The van der Waals surface area contributed by atoms with Gasteiger partial charge in [-0.2, -0.15) is 0 Å². The van der Waals surface area contributed by atoms with E-state index in [2.05, 4.69) is 154 Å². The molecule has 0 atom stereocenters. The molecular weight excluding hydrogens is 635 g/mol. The molecule has 252 valence electrons. The van der Waals surface area contributed by atoms with Crippen molar-refractivity contribution in [2.75, 3.05) is 0 Å². The van der Waals surface area contributed by atoms with Crippen molar-refractivity contribution < 1.29 is 4.42 Å². The second kappa shape index (κ2) is 11.9. The molecule has 0 saturated carbocycles. The predicted octanol–water partition coefficient (Wildman–Crippen LogP) is 13.0. The SMILES string of the molecule is C=Cc1nc(/C(C)=C/C(=C\C)c2cccc3ccccc23)nc(-c2ccc3c(c2)C(C)(C)c2cccc4c5oc6ccccc6c5n-3c24)c1/C=C\C. The van der Waals surface area contributed by atoms with Crippen LogP contribution in [-0.2, 0) is 5.41 Å². The van der Waals surface area contributed by atoms with Crippen LogP contribution in [0.1, 0.15) is 68.4 Å². The molecule has 4 nitrogen and oxygen atoms in total. The first-order valence-corrected chi connectivity index (χ1v) is 17.9. The summed E-state index contributed by atoms with van der Waals surface area (Å²) in [7, 11) is 0. The molecule has 0 fully saturated rings. The Morgan fingerprint density at radius 2 is 1.54 bits per heavy atom. The predicted molar refractivity (Wildman–Crippen MR) is 220 cm³/mol. The maximum absolute atomic E-state index is 6.53. The van der Waals surface area contributed by atoms with Gasteiger partial charge in [-0.3, -0.25) is 0 Å². The van der Waals surface area contributed by atoms with Gasteiger partial charge in [-0.25, -0.2) is 9.97 Å². The lowest BCUT2D eigenvalue weighted by molar-refractivity contribution is 0.630. The van der Waals surface area contributed by atoms with Crippen LogP contribution in [0.4, 0.5) is 0 Å². The van der Waals surface area contributed by atoms with Gasteiger partial charge in [0.25, 0.3) is 0 Å². The number of furan rings is 1. The number of para-hydroxylation sites is 2. The Hall–Kier alpha value is -6.26. The highest BCUT2D eigenvalue weighted by molar-refractivity contribution is 6.18. The third kappa shape index (κ3) is 4.60. The number of allylic oxidation sites excluding steroid dienone is 5.